The molecule has 1 nitrogen and oxygen atoms in total. The smallest absolute Gasteiger partial charge is 0.0540 e. The number of benzene rings is 10. The first-order valence-corrected chi connectivity index (χ1v) is 26.2. The molecule has 1 aliphatic rings. The van der Waals surface area contributed by atoms with Crippen molar-refractivity contribution in [1.29, 1.82) is 0 Å². The zero-order valence-corrected chi connectivity index (χ0v) is 44.3. The maximum Gasteiger partial charge on any atom is 0.0540 e. The van der Waals surface area contributed by atoms with Crippen LogP contribution in [0.25, 0.3) is 66.4 Å². The average molecular weight is 946 g/mol. The maximum absolute atomic E-state index is 2.55. The molecule has 0 aliphatic heterocycles. The quantitative estimate of drug-likeness (QED) is 0.147. The number of hydrogen-bond donors (Lipinski definition) is 0. The summed E-state index contributed by atoms with van der Waals surface area (Å²) in [5.74, 6) is 0. The Balaban J connectivity index is 1.17. The van der Waals surface area contributed by atoms with Gasteiger partial charge in [0, 0.05) is 22.1 Å². The van der Waals surface area contributed by atoms with Gasteiger partial charge in [-0.2, -0.15) is 0 Å². The summed E-state index contributed by atoms with van der Waals surface area (Å²) in [5, 5.41) is 2.47. The predicted molar refractivity (Wildman–Crippen MR) is 314 cm³/mol. The molecule has 1 atom stereocenters. The molecule has 0 heterocycles. The van der Waals surface area contributed by atoms with Crippen molar-refractivity contribution in [3.63, 3.8) is 0 Å². The van der Waals surface area contributed by atoms with E-state index in [-0.39, 0.29) is 21.7 Å². The fourth-order valence-electron chi connectivity index (χ4n) is 11.5. The number of hydrogen-bond acceptors (Lipinski definition) is 1. The molecule has 1 unspecified atom stereocenters. The third kappa shape index (κ3) is 8.49. The van der Waals surface area contributed by atoms with E-state index in [1.807, 2.05) is 0 Å². The lowest BCUT2D eigenvalue weighted by atomic mass is 9.74. The van der Waals surface area contributed by atoms with Crippen LogP contribution in [-0.2, 0) is 21.7 Å². The number of anilines is 3. The molecule has 0 amide bonds. The van der Waals surface area contributed by atoms with Crippen molar-refractivity contribution in [3.8, 4) is 55.6 Å². The van der Waals surface area contributed by atoms with E-state index >= 15 is 0 Å². The Kier molecular flexibility index (Phi) is 11.8. The van der Waals surface area contributed by atoms with Crippen molar-refractivity contribution < 1.29 is 0 Å². The monoisotopic (exact) mass is 946 g/mol. The Labute approximate surface area is 434 Å². The number of rotatable bonds is 8. The van der Waals surface area contributed by atoms with E-state index in [4.69, 9.17) is 0 Å². The van der Waals surface area contributed by atoms with Crippen molar-refractivity contribution in [2.75, 3.05) is 4.90 Å². The largest absolute Gasteiger partial charge is 0.309 e. The molecule has 0 radical (unpaired) electrons. The van der Waals surface area contributed by atoms with Gasteiger partial charge in [-0.1, -0.05) is 263 Å². The van der Waals surface area contributed by atoms with Crippen molar-refractivity contribution in [2.45, 2.75) is 90.9 Å². The molecule has 0 saturated carbocycles. The third-order valence-corrected chi connectivity index (χ3v) is 15.6. The van der Waals surface area contributed by atoms with E-state index in [1.165, 1.54) is 88.7 Å². The Morgan fingerprint density at radius 1 is 0.301 bits per heavy atom. The van der Waals surface area contributed by atoms with Gasteiger partial charge >= 0.3 is 0 Å². The van der Waals surface area contributed by atoms with Gasteiger partial charge < -0.3 is 4.90 Å². The summed E-state index contributed by atoms with van der Waals surface area (Å²) in [5.41, 5.74) is 23.1. The number of nitrogens with zero attached hydrogens (tertiary/aromatic N) is 1. The summed E-state index contributed by atoms with van der Waals surface area (Å²) >= 11 is 0. The lowest BCUT2D eigenvalue weighted by molar-refractivity contribution is 0.569. The summed E-state index contributed by atoms with van der Waals surface area (Å²) in [6, 6.07) is 84.6. The van der Waals surface area contributed by atoms with Crippen molar-refractivity contribution in [1.82, 2.24) is 0 Å². The molecule has 73 heavy (non-hydrogen) atoms. The first-order valence-electron chi connectivity index (χ1n) is 26.2. The normalized spacial score (nSPS) is 14.5. The number of para-hydroxylation sites is 3. The van der Waals surface area contributed by atoms with Gasteiger partial charge in [0.2, 0.25) is 0 Å². The van der Waals surface area contributed by atoms with Gasteiger partial charge in [0.1, 0.15) is 0 Å². The van der Waals surface area contributed by atoms with Crippen LogP contribution in [0.2, 0.25) is 0 Å². The molecule has 1 aliphatic carbocycles. The zero-order chi connectivity index (χ0) is 50.9. The summed E-state index contributed by atoms with van der Waals surface area (Å²) in [4.78, 5) is 2.55. The van der Waals surface area contributed by atoms with E-state index < -0.39 is 0 Å². The first-order chi connectivity index (χ1) is 35.0. The van der Waals surface area contributed by atoms with Gasteiger partial charge in [-0.15, -0.1) is 0 Å². The molecule has 10 aromatic rings. The highest BCUT2D eigenvalue weighted by Gasteiger charge is 2.41. The third-order valence-electron chi connectivity index (χ3n) is 15.6. The van der Waals surface area contributed by atoms with E-state index in [2.05, 4.69) is 299 Å². The molecule has 1 heteroatoms. The average Bonchev–Trinajstić information content (AvgIpc) is 3.66. The van der Waals surface area contributed by atoms with Crippen LogP contribution in [0.5, 0.6) is 0 Å². The molecular weight excluding hydrogens is 879 g/mol. The molecule has 11 rings (SSSR count). The van der Waals surface area contributed by atoms with E-state index in [9.17, 15) is 0 Å². The second-order valence-electron chi connectivity index (χ2n) is 23.5. The van der Waals surface area contributed by atoms with E-state index in [0.717, 1.165) is 28.2 Å². The van der Waals surface area contributed by atoms with Gasteiger partial charge in [0.25, 0.3) is 0 Å². The second kappa shape index (κ2) is 18.1. The molecule has 0 fully saturated rings. The van der Waals surface area contributed by atoms with Crippen LogP contribution in [-0.4, -0.2) is 0 Å². The Morgan fingerprint density at radius 2 is 0.753 bits per heavy atom. The van der Waals surface area contributed by atoms with Gasteiger partial charge in [-0.25, -0.2) is 0 Å². The highest BCUT2D eigenvalue weighted by Crippen LogP contribution is 2.55. The van der Waals surface area contributed by atoms with Crippen LogP contribution >= 0.6 is 0 Å². The van der Waals surface area contributed by atoms with Crippen LogP contribution in [0.15, 0.2) is 224 Å². The standard InChI is InChI=1S/C72H67N/c1-69(2,3)52-41-38-48(39-42-52)56-28-15-19-35-65(56)73(66-36-20-16-29-57(66)50-40-43-60-59-30-14-18-34-63(59)72(10,64(60)46-50)53-26-12-11-13-27-53)67-37-21-17-31-61(67)62-33-23-25-49-24-22-32-58(68(49)62)51-44-54(70(4,5)6)47-55(45-51)71(7,8)9/h11-47H,1-10H3. The summed E-state index contributed by atoms with van der Waals surface area (Å²) < 4.78 is 0. The van der Waals surface area contributed by atoms with Gasteiger partial charge in [-0.3, -0.25) is 0 Å². The van der Waals surface area contributed by atoms with Crippen LogP contribution in [0.1, 0.15) is 103 Å². The molecule has 0 saturated heterocycles. The molecule has 0 spiro atoms. The highest BCUT2D eigenvalue weighted by molar-refractivity contribution is 6.09. The maximum atomic E-state index is 2.55. The lowest BCUT2D eigenvalue weighted by Crippen LogP contribution is -2.22. The molecule has 0 bridgehead atoms. The summed E-state index contributed by atoms with van der Waals surface area (Å²) in [6.07, 6.45) is 0. The minimum atomic E-state index is -0.331. The summed E-state index contributed by atoms with van der Waals surface area (Å²) in [6.45, 7) is 23.2. The van der Waals surface area contributed by atoms with Crippen LogP contribution in [0, 0.1) is 0 Å². The SMILES string of the molecule is CC(C)(C)c1ccc(-c2ccccc2N(c2ccccc2-c2ccc3c(c2)C(C)(c2ccccc2)c2ccccc2-3)c2ccccc2-c2cccc3cccc(-c4cc(C(C)(C)C)cc(C(C)(C)C)c4)c23)cc1. The van der Waals surface area contributed by atoms with Crippen molar-refractivity contribution in [2.24, 2.45) is 0 Å². The zero-order valence-electron chi connectivity index (χ0n) is 44.3. The molecule has 0 N–H and O–H groups in total. The van der Waals surface area contributed by atoms with Crippen molar-refractivity contribution >= 4 is 27.8 Å². The Morgan fingerprint density at radius 3 is 1.34 bits per heavy atom. The van der Waals surface area contributed by atoms with E-state index in [1.54, 1.807) is 0 Å². The minimum Gasteiger partial charge on any atom is -0.309 e. The first kappa shape index (κ1) is 47.6. The van der Waals surface area contributed by atoms with Gasteiger partial charge in [0.05, 0.1) is 17.1 Å². The van der Waals surface area contributed by atoms with Crippen molar-refractivity contribution in [3.05, 3.63) is 258 Å². The molecule has 0 aromatic heterocycles. The van der Waals surface area contributed by atoms with Gasteiger partial charge in [-0.05, 0) is 131 Å². The fraction of sp³-hybridized carbons (Fsp3) is 0.194. The van der Waals surface area contributed by atoms with E-state index in [0.29, 0.717) is 0 Å². The Hall–Kier alpha value is -7.74. The minimum absolute atomic E-state index is 0.0205. The topological polar surface area (TPSA) is 3.24 Å². The second-order valence-corrected chi connectivity index (χ2v) is 23.5. The Bertz CT molecular complexity index is 3650. The molecule has 360 valence electrons. The lowest BCUT2D eigenvalue weighted by Gasteiger charge is -2.32. The fourth-order valence-corrected chi connectivity index (χ4v) is 11.5. The number of fused-ring (bicyclic) bond motifs is 4. The summed E-state index contributed by atoms with van der Waals surface area (Å²) in [7, 11) is 0. The molecular formula is C72H67N. The van der Waals surface area contributed by atoms with Crippen LogP contribution in [0.4, 0.5) is 17.1 Å². The highest BCUT2D eigenvalue weighted by atomic mass is 15.1. The van der Waals surface area contributed by atoms with Crippen LogP contribution < -0.4 is 4.90 Å². The predicted octanol–water partition coefficient (Wildman–Crippen LogP) is 20.2. The van der Waals surface area contributed by atoms with Gasteiger partial charge in [0.15, 0.2) is 0 Å². The van der Waals surface area contributed by atoms with Crippen LogP contribution in [0.3, 0.4) is 0 Å². The molecule has 10 aromatic carbocycles.